The number of benzene rings is 2. The number of pyridine rings is 1. The number of aliphatic carboxylic acids is 1. The van der Waals surface area contributed by atoms with Crippen molar-refractivity contribution in [2.75, 3.05) is 0 Å². The fourth-order valence-electron chi connectivity index (χ4n) is 5.22. The largest absolute Gasteiger partial charge is 0.481 e. The molecule has 2 N–H and O–H groups in total. The highest BCUT2D eigenvalue weighted by molar-refractivity contribution is 6.06. The van der Waals surface area contributed by atoms with Crippen LogP contribution in [0.3, 0.4) is 0 Å². The monoisotopic (exact) mass is 455 g/mol. The number of carboxylic acids is 1. The number of nitrogens with one attached hydrogen (secondary N) is 1. The first-order valence-electron chi connectivity index (χ1n) is 12.0. The molecule has 4 aromatic rings. The Morgan fingerprint density at radius 3 is 2.56 bits per heavy atom. The van der Waals surface area contributed by atoms with Crippen LogP contribution in [-0.4, -0.2) is 32.6 Å². The third-order valence-corrected chi connectivity index (χ3v) is 7.21. The Hall–Kier alpha value is -3.67. The van der Waals surface area contributed by atoms with Crippen molar-refractivity contribution in [1.29, 1.82) is 0 Å². The van der Waals surface area contributed by atoms with Crippen LogP contribution in [0.25, 0.3) is 21.8 Å². The van der Waals surface area contributed by atoms with Crippen LogP contribution in [-0.2, 0) is 11.3 Å². The van der Waals surface area contributed by atoms with E-state index in [1.54, 1.807) is 0 Å². The molecule has 1 aliphatic carbocycles. The third kappa shape index (κ3) is 4.40. The molecule has 1 saturated carbocycles. The summed E-state index contributed by atoms with van der Waals surface area (Å²) in [5.74, 6) is -0.749. The van der Waals surface area contributed by atoms with E-state index in [2.05, 4.69) is 22.0 Å². The van der Waals surface area contributed by atoms with E-state index in [1.807, 2.05) is 61.7 Å². The summed E-state index contributed by atoms with van der Waals surface area (Å²) in [6.07, 6.45) is 5.02. The number of carbonyl (C=O) groups excluding carboxylic acids is 1. The zero-order valence-electron chi connectivity index (χ0n) is 19.3. The summed E-state index contributed by atoms with van der Waals surface area (Å²) in [5.41, 5.74) is 3.45. The van der Waals surface area contributed by atoms with Crippen LogP contribution in [0.5, 0.6) is 0 Å². The Kier molecular flexibility index (Phi) is 6.05. The minimum Gasteiger partial charge on any atom is -0.481 e. The summed E-state index contributed by atoms with van der Waals surface area (Å²) in [4.78, 5) is 29.4. The van der Waals surface area contributed by atoms with E-state index in [0.717, 1.165) is 40.3 Å². The second-order valence-corrected chi connectivity index (χ2v) is 9.39. The molecule has 1 unspecified atom stereocenters. The molecule has 1 fully saturated rings. The quantitative estimate of drug-likeness (QED) is 0.416. The second-order valence-electron chi connectivity index (χ2n) is 9.39. The van der Waals surface area contributed by atoms with Gasteiger partial charge in [0.2, 0.25) is 0 Å². The second kappa shape index (κ2) is 9.29. The lowest BCUT2D eigenvalue weighted by Gasteiger charge is -2.31. The molecule has 2 heterocycles. The molecule has 6 heteroatoms. The molecule has 1 atom stereocenters. The van der Waals surface area contributed by atoms with E-state index in [0.29, 0.717) is 30.9 Å². The van der Waals surface area contributed by atoms with Crippen LogP contribution in [0, 0.1) is 11.8 Å². The highest BCUT2D eigenvalue weighted by Crippen LogP contribution is 2.31. The Morgan fingerprint density at radius 1 is 1.00 bits per heavy atom. The molecule has 34 heavy (non-hydrogen) atoms. The molecule has 0 radical (unpaired) electrons. The topological polar surface area (TPSA) is 84.2 Å². The van der Waals surface area contributed by atoms with E-state index >= 15 is 0 Å². The van der Waals surface area contributed by atoms with Crippen LogP contribution in [0.4, 0.5) is 0 Å². The summed E-state index contributed by atoms with van der Waals surface area (Å²) in [5, 5.41) is 14.6. The third-order valence-electron chi connectivity index (χ3n) is 7.21. The van der Waals surface area contributed by atoms with Crippen LogP contribution < -0.4 is 5.32 Å². The number of amides is 1. The molecule has 2 aromatic heterocycles. The Bertz CT molecular complexity index is 1350. The Labute approximate surface area is 198 Å². The predicted molar refractivity (Wildman–Crippen MR) is 133 cm³/mol. The van der Waals surface area contributed by atoms with Crippen molar-refractivity contribution < 1.29 is 14.7 Å². The maximum absolute atomic E-state index is 13.3. The van der Waals surface area contributed by atoms with Crippen LogP contribution in [0.15, 0.2) is 66.9 Å². The zero-order valence-corrected chi connectivity index (χ0v) is 19.3. The number of carboxylic acid groups (broad SMARTS) is 1. The van der Waals surface area contributed by atoms with Crippen molar-refractivity contribution in [3.63, 3.8) is 0 Å². The van der Waals surface area contributed by atoms with Gasteiger partial charge >= 0.3 is 5.97 Å². The lowest BCUT2D eigenvalue weighted by molar-refractivity contribution is -0.143. The van der Waals surface area contributed by atoms with Crippen molar-refractivity contribution in [2.45, 2.75) is 45.2 Å². The average Bonchev–Trinajstić information content (AvgIpc) is 3.26. The first kappa shape index (κ1) is 22.1. The molecule has 2 aromatic carbocycles. The number of carbonyl (C=O) groups is 2. The number of hydrogen-bond donors (Lipinski definition) is 2. The van der Waals surface area contributed by atoms with Crippen molar-refractivity contribution >= 4 is 33.7 Å². The van der Waals surface area contributed by atoms with Gasteiger partial charge in [0.15, 0.2) is 0 Å². The molecule has 5 rings (SSSR count). The maximum atomic E-state index is 13.3. The molecule has 1 aliphatic rings. The van der Waals surface area contributed by atoms with E-state index in [1.165, 1.54) is 0 Å². The van der Waals surface area contributed by atoms with Gasteiger partial charge in [0.05, 0.1) is 34.8 Å². The van der Waals surface area contributed by atoms with E-state index in [9.17, 15) is 14.7 Å². The fourth-order valence-corrected chi connectivity index (χ4v) is 5.22. The number of hydrogen-bond acceptors (Lipinski definition) is 3. The number of fused-ring (bicyclic) bond motifs is 2. The van der Waals surface area contributed by atoms with Crippen LogP contribution in [0.1, 0.15) is 48.7 Å². The van der Waals surface area contributed by atoms with Gasteiger partial charge < -0.3 is 15.0 Å². The highest BCUT2D eigenvalue weighted by Gasteiger charge is 2.29. The van der Waals surface area contributed by atoms with E-state index < -0.39 is 5.97 Å². The zero-order chi connectivity index (χ0) is 23.7. The van der Waals surface area contributed by atoms with Gasteiger partial charge in [-0.3, -0.25) is 14.6 Å². The molecular weight excluding hydrogens is 426 g/mol. The molecule has 174 valence electrons. The number of nitrogens with zero attached hydrogens (tertiary/aromatic N) is 2. The lowest BCUT2D eigenvalue weighted by atomic mass is 9.79. The van der Waals surface area contributed by atoms with Crippen molar-refractivity contribution in [1.82, 2.24) is 14.9 Å². The Balaban J connectivity index is 1.35. The minimum absolute atomic E-state index is 0.0110. The van der Waals surface area contributed by atoms with Gasteiger partial charge in [-0.25, -0.2) is 0 Å². The van der Waals surface area contributed by atoms with Crippen molar-refractivity contribution in [3.8, 4) is 0 Å². The molecule has 0 aliphatic heterocycles. The maximum Gasteiger partial charge on any atom is 0.306 e. The molecule has 0 spiro atoms. The lowest BCUT2D eigenvalue weighted by Crippen LogP contribution is -2.40. The molecule has 6 nitrogen and oxygen atoms in total. The van der Waals surface area contributed by atoms with Crippen molar-refractivity contribution in [2.24, 2.45) is 11.8 Å². The number of rotatable bonds is 6. The standard InChI is InChI=1S/C28H29N3O3/c1-18(19-9-11-22(12-10-19)28(33)34)29-27(32)24-7-4-6-21-15-16-31(26(21)24)17-23-14-13-20-5-2-3-8-25(20)30-23/h2-8,13-16,18-19,22H,9-12,17H2,1H3,(H,29,32)(H,33,34)/t18?,19-,22-. The first-order valence-corrected chi connectivity index (χ1v) is 12.0. The average molecular weight is 456 g/mol. The van der Waals surface area contributed by atoms with Gasteiger partial charge in [0.25, 0.3) is 5.91 Å². The summed E-state index contributed by atoms with van der Waals surface area (Å²) in [6.45, 7) is 2.61. The van der Waals surface area contributed by atoms with Gasteiger partial charge in [-0.1, -0.05) is 36.4 Å². The first-order chi connectivity index (χ1) is 16.5. The summed E-state index contributed by atoms with van der Waals surface area (Å²) >= 11 is 0. The van der Waals surface area contributed by atoms with Gasteiger partial charge in [0, 0.05) is 23.0 Å². The number of aromatic nitrogens is 2. The van der Waals surface area contributed by atoms with E-state index in [4.69, 9.17) is 4.98 Å². The minimum atomic E-state index is -0.705. The molecular formula is C28H29N3O3. The van der Waals surface area contributed by atoms with E-state index in [-0.39, 0.29) is 17.9 Å². The van der Waals surface area contributed by atoms with Gasteiger partial charge in [-0.15, -0.1) is 0 Å². The SMILES string of the molecule is CC(NC(=O)c1cccc2ccn(Cc3ccc4ccccc4n3)c12)[C@H]1CC[C@H](C(=O)O)CC1. The van der Waals surface area contributed by atoms with Gasteiger partial charge in [-0.05, 0) is 62.8 Å². The predicted octanol–water partition coefficient (Wildman–Crippen LogP) is 5.25. The van der Waals surface area contributed by atoms with Crippen LogP contribution >= 0.6 is 0 Å². The fraction of sp³-hybridized carbons (Fsp3) is 0.321. The van der Waals surface area contributed by atoms with Crippen LogP contribution in [0.2, 0.25) is 0 Å². The molecule has 0 bridgehead atoms. The highest BCUT2D eigenvalue weighted by atomic mass is 16.4. The van der Waals surface area contributed by atoms with Crippen molar-refractivity contribution in [3.05, 3.63) is 78.1 Å². The summed E-state index contributed by atoms with van der Waals surface area (Å²) < 4.78 is 2.09. The summed E-state index contributed by atoms with van der Waals surface area (Å²) in [7, 11) is 0. The van der Waals surface area contributed by atoms with Gasteiger partial charge in [0.1, 0.15) is 0 Å². The van der Waals surface area contributed by atoms with Gasteiger partial charge in [-0.2, -0.15) is 0 Å². The molecule has 0 saturated heterocycles. The number of para-hydroxylation sites is 2. The molecule has 1 amide bonds. The summed E-state index contributed by atoms with van der Waals surface area (Å²) in [6, 6.07) is 20.0. The Morgan fingerprint density at radius 2 is 1.76 bits per heavy atom. The smallest absolute Gasteiger partial charge is 0.306 e. The normalized spacial score (nSPS) is 19.2.